The Morgan fingerprint density at radius 2 is 2.10 bits per heavy atom. The molecule has 112 valence electrons. The van der Waals surface area contributed by atoms with Crippen molar-refractivity contribution in [2.24, 2.45) is 11.8 Å². The monoisotopic (exact) mass is 285 g/mol. The molecule has 2 saturated heterocycles. The number of benzene rings is 1. The van der Waals surface area contributed by atoms with Gasteiger partial charge >= 0.3 is 0 Å². The van der Waals surface area contributed by atoms with E-state index in [0.29, 0.717) is 5.92 Å². The number of hydrogen-bond donors (Lipinski definition) is 1. The van der Waals surface area contributed by atoms with Crippen molar-refractivity contribution in [3.63, 3.8) is 0 Å². The maximum atomic E-state index is 12.9. The highest BCUT2D eigenvalue weighted by molar-refractivity contribution is 5.98. The summed E-state index contributed by atoms with van der Waals surface area (Å²) in [6, 6.07) is 7.78. The lowest BCUT2D eigenvalue weighted by Crippen LogP contribution is -2.45. The van der Waals surface area contributed by atoms with Crippen LogP contribution in [0.2, 0.25) is 0 Å². The van der Waals surface area contributed by atoms with Crippen LogP contribution in [0.25, 0.3) is 6.08 Å². The SMILES string of the molecule is C=Cc1ccc(C(=O)C2CCCOC3CCNCC32)cc1. The van der Waals surface area contributed by atoms with Gasteiger partial charge in [-0.25, -0.2) is 0 Å². The third-order valence-electron chi connectivity index (χ3n) is 4.74. The summed E-state index contributed by atoms with van der Waals surface area (Å²) in [5.41, 5.74) is 1.87. The number of nitrogens with one attached hydrogen (secondary N) is 1. The highest BCUT2D eigenvalue weighted by Crippen LogP contribution is 2.32. The molecule has 0 aliphatic carbocycles. The molecule has 2 fully saturated rings. The Hall–Kier alpha value is -1.45. The van der Waals surface area contributed by atoms with Gasteiger partial charge in [0.05, 0.1) is 6.10 Å². The van der Waals surface area contributed by atoms with Crippen molar-refractivity contribution in [1.82, 2.24) is 5.32 Å². The number of Topliss-reactive ketones (excluding diaryl/α,β-unsaturated/α-hetero) is 1. The third-order valence-corrected chi connectivity index (χ3v) is 4.74. The van der Waals surface area contributed by atoms with Crippen LogP contribution in [-0.4, -0.2) is 31.6 Å². The normalized spacial score (nSPS) is 29.2. The van der Waals surface area contributed by atoms with Gasteiger partial charge < -0.3 is 10.1 Å². The minimum Gasteiger partial charge on any atom is -0.378 e. The first-order valence-electron chi connectivity index (χ1n) is 7.88. The Balaban J connectivity index is 1.81. The molecule has 1 aromatic carbocycles. The number of ether oxygens (including phenoxy) is 1. The molecule has 2 aliphatic rings. The van der Waals surface area contributed by atoms with Crippen LogP contribution in [0.1, 0.15) is 35.2 Å². The first-order chi connectivity index (χ1) is 10.3. The van der Waals surface area contributed by atoms with Gasteiger partial charge in [-0.15, -0.1) is 0 Å². The summed E-state index contributed by atoms with van der Waals surface area (Å²) in [4.78, 5) is 12.9. The molecule has 3 heteroatoms. The summed E-state index contributed by atoms with van der Waals surface area (Å²) in [7, 11) is 0. The molecule has 3 nitrogen and oxygen atoms in total. The first-order valence-corrected chi connectivity index (χ1v) is 7.88. The van der Waals surface area contributed by atoms with E-state index < -0.39 is 0 Å². The molecular formula is C18H23NO2. The van der Waals surface area contributed by atoms with Gasteiger partial charge in [-0.2, -0.15) is 0 Å². The fourth-order valence-corrected chi connectivity index (χ4v) is 3.54. The lowest BCUT2D eigenvalue weighted by atomic mass is 9.78. The quantitative estimate of drug-likeness (QED) is 0.868. The first kappa shape index (κ1) is 14.5. The standard InChI is InChI=1S/C18H23NO2/c1-2-13-5-7-14(8-6-13)18(20)15-4-3-11-21-17-9-10-19-12-16(15)17/h2,5-8,15-17,19H,1,3-4,9-12H2. The Morgan fingerprint density at radius 3 is 2.86 bits per heavy atom. The fourth-order valence-electron chi connectivity index (χ4n) is 3.54. The van der Waals surface area contributed by atoms with Gasteiger partial charge in [-0.05, 0) is 31.4 Å². The number of fused-ring (bicyclic) bond motifs is 1. The van der Waals surface area contributed by atoms with Gasteiger partial charge in [0.1, 0.15) is 0 Å². The molecule has 3 rings (SSSR count). The van der Waals surface area contributed by atoms with Gasteiger partial charge in [-0.1, -0.05) is 36.9 Å². The van der Waals surface area contributed by atoms with Crippen molar-refractivity contribution in [3.8, 4) is 0 Å². The summed E-state index contributed by atoms with van der Waals surface area (Å²) in [5.74, 6) is 0.669. The molecule has 0 spiro atoms. The second-order valence-electron chi connectivity index (χ2n) is 6.01. The summed E-state index contributed by atoms with van der Waals surface area (Å²) >= 11 is 0. The molecule has 0 aromatic heterocycles. The van der Waals surface area contributed by atoms with E-state index in [2.05, 4.69) is 11.9 Å². The van der Waals surface area contributed by atoms with E-state index in [1.165, 1.54) is 0 Å². The predicted molar refractivity (Wildman–Crippen MR) is 84.3 cm³/mol. The number of rotatable bonds is 3. The highest BCUT2D eigenvalue weighted by Gasteiger charge is 2.38. The van der Waals surface area contributed by atoms with E-state index in [1.54, 1.807) is 6.08 Å². The van der Waals surface area contributed by atoms with Gasteiger partial charge in [0.25, 0.3) is 0 Å². The Labute approximate surface area is 126 Å². The maximum absolute atomic E-state index is 12.9. The van der Waals surface area contributed by atoms with E-state index in [4.69, 9.17) is 4.74 Å². The van der Waals surface area contributed by atoms with Crippen molar-refractivity contribution in [2.75, 3.05) is 19.7 Å². The van der Waals surface area contributed by atoms with Crippen LogP contribution in [0.3, 0.4) is 0 Å². The second kappa shape index (κ2) is 6.54. The van der Waals surface area contributed by atoms with Crippen LogP contribution in [0, 0.1) is 11.8 Å². The molecule has 3 unspecified atom stereocenters. The molecule has 0 saturated carbocycles. The zero-order valence-corrected chi connectivity index (χ0v) is 12.4. The zero-order valence-electron chi connectivity index (χ0n) is 12.4. The van der Waals surface area contributed by atoms with E-state index in [-0.39, 0.29) is 17.8 Å². The largest absolute Gasteiger partial charge is 0.378 e. The minimum atomic E-state index is 0.0832. The highest BCUT2D eigenvalue weighted by atomic mass is 16.5. The summed E-state index contributed by atoms with van der Waals surface area (Å²) < 4.78 is 5.95. The van der Waals surface area contributed by atoms with Crippen molar-refractivity contribution in [2.45, 2.75) is 25.4 Å². The molecule has 0 bridgehead atoms. The van der Waals surface area contributed by atoms with Crippen LogP contribution >= 0.6 is 0 Å². The number of carbonyl (C=O) groups is 1. The molecule has 1 aromatic rings. The molecular weight excluding hydrogens is 262 g/mol. The Morgan fingerprint density at radius 1 is 1.29 bits per heavy atom. The van der Waals surface area contributed by atoms with Gasteiger partial charge in [0.2, 0.25) is 0 Å². The van der Waals surface area contributed by atoms with Gasteiger partial charge in [0.15, 0.2) is 5.78 Å². The molecule has 2 heterocycles. The van der Waals surface area contributed by atoms with E-state index in [0.717, 1.165) is 50.1 Å². The van der Waals surface area contributed by atoms with E-state index >= 15 is 0 Å². The smallest absolute Gasteiger partial charge is 0.166 e. The maximum Gasteiger partial charge on any atom is 0.166 e. The summed E-state index contributed by atoms with van der Waals surface area (Å²) in [6.45, 7) is 6.43. The average Bonchev–Trinajstić information content (AvgIpc) is 2.77. The van der Waals surface area contributed by atoms with Crippen molar-refractivity contribution < 1.29 is 9.53 Å². The minimum absolute atomic E-state index is 0.0832. The molecule has 2 aliphatic heterocycles. The Kier molecular flexibility index (Phi) is 4.51. The van der Waals surface area contributed by atoms with Crippen LogP contribution in [0.5, 0.6) is 0 Å². The fraction of sp³-hybridized carbons (Fsp3) is 0.500. The van der Waals surface area contributed by atoms with Crippen molar-refractivity contribution >= 4 is 11.9 Å². The van der Waals surface area contributed by atoms with Gasteiger partial charge in [-0.3, -0.25) is 4.79 Å². The topological polar surface area (TPSA) is 38.3 Å². The molecule has 3 atom stereocenters. The molecule has 0 radical (unpaired) electrons. The molecule has 21 heavy (non-hydrogen) atoms. The van der Waals surface area contributed by atoms with Gasteiger partial charge in [0, 0.05) is 30.6 Å². The van der Waals surface area contributed by atoms with E-state index in [9.17, 15) is 4.79 Å². The molecule has 0 amide bonds. The zero-order chi connectivity index (χ0) is 14.7. The summed E-state index contributed by atoms with van der Waals surface area (Å²) in [6.07, 6.45) is 4.98. The van der Waals surface area contributed by atoms with Crippen LogP contribution in [0.15, 0.2) is 30.8 Å². The summed E-state index contributed by atoms with van der Waals surface area (Å²) in [5, 5.41) is 3.42. The molecule has 1 N–H and O–H groups in total. The second-order valence-corrected chi connectivity index (χ2v) is 6.01. The van der Waals surface area contributed by atoms with Crippen molar-refractivity contribution in [1.29, 1.82) is 0 Å². The van der Waals surface area contributed by atoms with Crippen LogP contribution in [0.4, 0.5) is 0 Å². The number of ketones is 1. The lowest BCUT2D eigenvalue weighted by molar-refractivity contribution is -0.00214. The number of piperidine rings is 1. The lowest BCUT2D eigenvalue weighted by Gasteiger charge is -2.34. The van der Waals surface area contributed by atoms with E-state index in [1.807, 2.05) is 24.3 Å². The van der Waals surface area contributed by atoms with Crippen LogP contribution < -0.4 is 5.32 Å². The third kappa shape index (κ3) is 3.09. The number of hydrogen-bond acceptors (Lipinski definition) is 3. The van der Waals surface area contributed by atoms with Crippen molar-refractivity contribution in [3.05, 3.63) is 42.0 Å². The predicted octanol–water partition coefficient (Wildman–Crippen LogP) is 2.92. The number of carbonyl (C=O) groups excluding carboxylic acids is 1. The average molecular weight is 285 g/mol. The Bertz CT molecular complexity index is 508. The van der Waals surface area contributed by atoms with Crippen LogP contribution in [-0.2, 0) is 4.74 Å².